The van der Waals surface area contributed by atoms with Gasteiger partial charge in [-0.1, -0.05) is 18.2 Å². The van der Waals surface area contributed by atoms with Crippen molar-refractivity contribution in [1.82, 2.24) is 4.98 Å². The first-order valence-electron chi connectivity index (χ1n) is 8.64. The van der Waals surface area contributed by atoms with Gasteiger partial charge in [0, 0.05) is 30.0 Å². The van der Waals surface area contributed by atoms with Gasteiger partial charge < -0.3 is 4.90 Å². The number of sulfonamides is 1. The van der Waals surface area contributed by atoms with Crippen LogP contribution in [-0.4, -0.2) is 31.6 Å². The molecule has 2 N–H and O–H groups in total. The van der Waals surface area contributed by atoms with Crippen molar-refractivity contribution in [3.05, 3.63) is 35.5 Å². The molecule has 2 aliphatic rings. The number of hydrogen-bond donors (Lipinski definition) is 1. The number of pyridine rings is 1. The zero-order valence-corrected chi connectivity index (χ0v) is 14.8. The number of primary sulfonamides is 1. The third kappa shape index (κ3) is 3.14. The minimum atomic E-state index is -3.59. The number of aryl methyl sites for hydroxylation is 1. The maximum Gasteiger partial charge on any atom is 0.227 e. The number of nitrogens with zero attached hydrogens (tertiary/aromatic N) is 2. The molecule has 1 aromatic carbocycles. The Hall–Kier alpha value is -1.99. The van der Waals surface area contributed by atoms with Crippen LogP contribution in [0.3, 0.4) is 0 Å². The maximum absolute atomic E-state index is 12.7. The first-order chi connectivity index (χ1) is 11.9. The first-order valence-corrected chi connectivity index (χ1v) is 10.4. The number of nitrogens with two attached hydrogens (primary N) is 1. The highest BCUT2D eigenvalue weighted by Gasteiger charge is 2.35. The summed E-state index contributed by atoms with van der Waals surface area (Å²) >= 11 is 0. The summed E-state index contributed by atoms with van der Waals surface area (Å²) in [5.74, 6) is -0.438. The van der Waals surface area contributed by atoms with Gasteiger partial charge in [-0.15, -0.1) is 0 Å². The van der Waals surface area contributed by atoms with Crippen LogP contribution < -0.4 is 10.0 Å². The van der Waals surface area contributed by atoms with Crippen LogP contribution in [0.5, 0.6) is 0 Å². The van der Waals surface area contributed by atoms with Crippen LogP contribution in [0.2, 0.25) is 0 Å². The number of anilines is 1. The zero-order valence-electron chi connectivity index (χ0n) is 13.9. The molecule has 1 unspecified atom stereocenters. The summed E-state index contributed by atoms with van der Waals surface area (Å²) in [6.07, 6.45) is 4.26. The van der Waals surface area contributed by atoms with Crippen molar-refractivity contribution in [2.75, 3.05) is 17.2 Å². The lowest BCUT2D eigenvalue weighted by molar-refractivity contribution is -0.117. The molecule has 1 aromatic heterocycles. The Balaban J connectivity index is 1.82. The summed E-state index contributed by atoms with van der Waals surface area (Å²) in [5.41, 5.74) is 4.04. The highest BCUT2D eigenvalue weighted by atomic mass is 32.2. The van der Waals surface area contributed by atoms with Gasteiger partial charge in [0.05, 0.1) is 17.0 Å². The largest absolute Gasteiger partial charge is 0.311 e. The van der Waals surface area contributed by atoms with Crippen molar-refractivity contribution in [2.24, 2.45) is 11.1 Å². The van der Waals surface area contributed by atoms with E-state index in [0.717, 1.165) is 53.5 Å². The number of benzene rings is 1. The smallest absolute Gasteiger partial charge is 0.227 e. The third-order valence-corrected chi connectivity index (χ3v) is 6.02. The molecule has 1 fully saturated rings. The van der Waals surface area contributed by atoms with Crippen LogP contribution in [-0.2, 0) is 27.7 Å². The summed E-state index contributed by atoms with van der Waals surface area (Å²) in [6, 6.07) is 7.86. The van der Waals surface area contributed by atoms with Gasteiger partial charge in [-0.25, -0.2) is 13.6 Å². The number of fused-ring (bicyclic) bond motifs is 2. The minimum absolute atomic E-state index is 0.0298. The Morgan fingerprint density at radius 1 is 1.20 bits per heavy atom. The van der Waals surface area contributed by atoms with Crippen LogP contribution in [0.4, 0.5) is 5.69 Å². The molecule has 1 saturated heterocycles. The average Bonchev–Trinajstić information content (AvgIpc) is 2.90. The van der Waals surface area contributed by atoms with Gasteiger partial charge in [0.25, 0.3) is 0 Å². The lowest BCUT2D eigenvalue weighted by Gasteiger charge is -2.26. The fourth-order valence-electron chi connectivity index (χ4n) is 4.09. The summed E-state index contributed by atoms with van der Waals surface area (Å²) in [7, 11) is -3.59. The fraction of sp³-hybridized carbons (Fsp3) is 0.444. The predicted molar refractivity (Wildman–Crippen MR) is 96.8 cm³/mol. The summed E-state index contributed by atoms with van der Waals surface area (Å²) in [5, 5.41) is 6.14. The van der Waals surface area contributed by atoms with Crippen molar-refractivity contribution in [1.29, 1.82) is 0 Å². The van der Waals surface area contributed by atoms with Gasteiger partial charge in [0.15, 0.2) is 0 Å². The monoisotopic (exact) mass is 359 g/mol. The second-order valence-electron chi connectivity index (χ2n) is 7.01. The number of carbonyl (C=O) groups excluding carboxylic acids is 1. The second kappa shape index (κ2) is 6.07. The Kier molecular flexibility index (Phi) is 4.00. The molecule has 25 heavy (non-hydrogen) atoms. The highest BCUT2D eigenvalue weighted by Crippen LogP contribution is 2.38. The van der Waals surface area contributed by atoms with Crippen molar-refractivity contribution in [3.8, 4) is 0 Å². The van der Waals surface area contributed by atoms with Crippen LogP contribution in [0.1, 0.15) is 30.5 Å². The van der Waals surface area contributed by atoms with Gasteiger partial charge >= 0.3 is 0 Å². The Bertz CT molecular complexity index is 955. The molecule has 0 saturated carbocycles. The SMILES string of the molecule is NS(=O)(=O)CC1CC(=O)N(c2c3c(nc4ccccc24)CCCC3)C1. The van der Waals surface area contributed by atoms with E-state index in [-0.39, 0.29) is 24.0 Å². The van der Waals surface area contributed by atoms with Crippen molar-refractivity contribution < 1.29 is 13.2 Å². The molecule has 2 heterocycles. The van der Waals surface area contributed by atoms with E-state index >= 15 is 0 Å². The predicted octanol–water partition coefficient (Wildman–Crippen LogP) is 1.76. The highest BCUT2D eigenvalue weighted by molar-refractivity contribution is 7.89. The lowest BCUT2D eigenvalue weighted by atomic mass is 9.92. The van der Waals surface area contributed by atoms with Gasteiger partial charge in [-0.3, -0.25) is 9.78 Å². The van der Waals surface area contributed by atoms with Gasteiger partial charge in [0.2, 0.25) is 15.9 Å². The summed E-state index contributed by atoms with van der Waals surface area (Å²) < 4.78 is 22.8. The molecule has 1 aliphatic carbocycles. The maximum atomic E-state index is 12.7. The number of para-hydroxylation sites is 1. The molecule has 0 bridgehead atoms. The number of rotatable bonds is 3. The molecule has 1 atom stereocenters. The lowest BCUT2D eigenvalue weighted by Crippen LogP contribution is -2.29. The van der Waals surface area contributed by atoms with Crippen LogP contribution in [0.25, 0.3) is 10.9 Å². The number of aromatic nitrogens is 1. The average molecular weight is 359 g/mol. The van der Waals surface area contributed by atoms with Crippen molar-refractivity contribution >= 4 is 32.5 Å². The molecular formula is C18H21N3O3S. The molecule has 1 amide bonds. The van der Waals surface area contributed by atoms with Crippen molar-refractivity contribution in [2.45, 2.75) is 32.1 Å². The Labute approximate surface area is 147 Å². The van der Waals surface area contributed by atoms with Gasteiger partial charge in [-0.05, 0) is 37.3 Å². The summed E-state index contributed by atoms with van der Waals surface area (Å²) in [6.45, 7) is 0.399. The topological polar surface area (TPSA) is 93.4 Å². The molecule has 2 aromatic rings. The van der Waals surface area contributed by atoms with E-state index < -0.39 is 10.0 Å². The standard InChI is InChI=1S/C18H21N3O3S/c19-25(23,24)11-12-9-17(22)21(10-12)18-13-5-1-3-7-15(13)20-16-8-4-2-6-14(16)18/h1,3,5,7,12H,2,4,6,8-11H2,(H2,19,23,24). The number of hydrogen-bond acceptors (Lipinski definition) is 4. The van der Waals surface area contributed by atoms with Crippen molar-refractivity contribution in [3.63, 3.8) is 0 Å². The van der Waals surface area contributed by atoms with Crippen LogP contribution in [0.15, 0.2) is 24.3 Å². The van der Waals surface area contributed by atoms with Gasteiger partial charge in [0.1, 0.15) is 0 Å². The quantitative estimate of drug-likeness (QED) is 0.903. The number of carbonyl (C=O) groups is 1. The number of amides is 1. The normalized spacial score (nSPS) is 20.9. The van der Waals surface area contributed by atoms with E-state index in [4.69, 9.17) is 10.1 Å². The molecule has 0 spiro atoms. The molecule has 0 radical (unpaired) electrons. The molecule has 4 rings (SSSR count). The van der Waals surface area contributed by atoms with E-state index in [1.54, 1.807) is 4.90 Å². The van der Waals surface area contributed by atoms with Crippen LogP contribution >= 0.6 is 0 Å². The van der Waals surface area contributed by atoms with Gasteiger partial charge in [-0.2, -0.15) is 0 Å². The van der Waals surface area contributed by atoms with E-state index in [1.165, 1.54) is 0 Å². The molecule has 1 aliphatic heterocycles. The first kappa shape index (κ1) is 16.5. The zero-order chi connectivity index (χ0) is 17.6. The molecular weight excluding hydrogens is 338 g/mol. The van der Waals surface area contributed by atoms with Crippen LogP contribution in [0, 0.1) is 5.92 Å². The molecule has 132 valence electrons. The Morgan fingerprint density at radius 3 is 2.76 bits per heavy atom. The molecule has 7 heteroatoms. The van der Waals surface area contributed by atoms with E-state index in [2.05, 4.69) is 0 Å². The molecule has 6 nitrogen and oxygen atoms in total. The van der Waals surface area contributed by atoms with E-state index in [0.29, 0.717) is 6.54 Å². The fourth-order valence-corrected chi connectivity index (χ4v) is 4.97. The minimum Gasteiger partial charge on any atom is -0.311 e. The third-order valence-electron chi connectivity index (χ3n) is 5.08. The van der Waals surface area contributed by atoms with E-state index in [9.17, 15) is 13.2 Å². The Morgan fingerprint density at radius 2 is 1.96 bits per heavy atom. The van der Waals surface area contributed by atoms with E-state index in [1.807, 2.05) is 24.3 Å². The summed E-state index contributed by atoms with van der Waals surface area (Å²) in [4.78, 5) is 19.2. The second-order valence-corrected chi connectivity index (χ2v) is 8.67.